The van der Waals surface area contributed by atoms with Gasteiger partial charge >= 0.3 is 0 Å². The van der Waals surface area contributed by atoms with Crippen molar-refractivity contribution in [1.82, 2.24) is 30.4 Å². The molecule has 2 aromatic rings. The molecule has 0 bridgehead atoms. The van der Waals surface area contributed by atoms with Gasteiger partial charge in [-0.05, 0) is 57.2 Å². The Hall–Kier alpha value is -3.17. The number of carbonyl (C=O) groups excluding carboxylic acids is 2. The number of aromatic amines is 1. The second-order valence-electron chi connectivity index (χ2n) is 8.18. The number of H-pyrrole nitrogens is 1. The summed E-state index contributed by atoms with van der Waals surface area (Å²) in [5.74, 6) is 1.55. The molecule has 2 saturated heterocycles. The fourth-order valence-electron chi connectivity index (χ4n) is 4.30. The number of hydrogen-bond donors (Lipinski definition) is 1. The summed E-state index contributed by atoms with van der Waals surface area (Å²) in [6.45, 7) is 5.06. The predicted octanol–water partition coefficient (Wildman–Crippen LogP) is 2.01. The number of tetrazole rings is 1. The third-order valence-electron chi connectivity index (χ3n) is 5.99. The number of amides is 2. The molecule has 2 aliphatic heterocycles. The molecule has 1 atom stereocenters. The van der Waals surface area contributed by atoms with E-state index in [1.807, 2.05) is 16.7 Å². The number of ether oxygens (including phenoxy) is 2. The lowest BCUT2D eigenvalue weighted by Gasteiger charge is -2.31. The van der Waals surface area contributed by atoms with Crippen LogP contribution in [-0.2, 0) is 4.79 Å². The lowest BCUT2D eigenvalue weighted by molar-refractivity contribution is -0.134. The molecule has 4 rings (SSSR count). The van der Waals surface area contributed by atoms with E-state index < -0.39 is 0 Å². The molecule has 10 nitrogen and oxygen atoms in total. The van der Waals surface area contributed by atoms with Gasteiger partial charge in [0.25, 0.3) is 11.8 Å². The minimum Gasteiger partial charge on any atom is -0.490 e. The van der Waals surface area contributed by atoms with Crippen molar-refractivity contribution in [3.05, 3.63) is 29.6 Å². The summed E-state index contributed by atoms with van der Waals surface area (Å²) in [7, 11) is 0. The number of rotatable bonds is 7. The van der Waals surface area contributed by atoms with E-state index in [1.165, 1.54) is 6.42 Å². The summed E-state index contributed by atoms with van der Waals surface area (Å²) in [6, 6.07) is 5.14. The fourth-order valence-corrected chi connectivity index (χ4v) is 4.30. The third kappa shape index (κ3) is 5.17. The van der Waals surface area contributed by atoms with Crippen LogP contribution in [0.3, 0.4) is 0 Å². The summed E-state index contributed by atoms with van der Waals surface area (Å²) in [5, 5.41) is 14.3. The Bertz CT molecular complexity index is 913. The third-order valence-corrected chi connectivity index (χ3v) is 5.99. The highest BCUT2D eigenvalue weighted by molar-refractivity contribution is 5.95. The van der Waals surface area contributed by atoms with Crippen LogP contribution in [0.25, 0.3) is 0 Å². The van der Waals surface area contributed by atoms with E-state index in [9.17, 15) is 9.59 Å². The highest BCUT2D eigenvalue weighted by Crippen LogP contribution is 2.31. The van der Waals surface area contributed by atoms with E-state index in [4.69, 9.17) is 9.47 Å². The second-order valence-corrected chi connectivity index (χ2v) is 8.18. The Labute approximate surface area is 187 Å². The standard InChI is InChI=1S/C22H30N6O4/c1-2-31-19-13-16(8-9-18(19)32-15-20(29)27-10-4-3-5-11-27)22(30)28-12-6-7-17(14-28)21-23-25-26-24-21/h8-9,13,17H,2-7,10-12,14-15H2,1H3,(H,23,24,25,26). The van der Waals surface area contributed by atoms with E-state index in [0.717, 1.165) is 38.8 Å². The molecule has 0 spiro atoms. The average molecular weight is 443 g/mol. The number of likely N-dealkylation sites (tertiary alicyclic amines) is 2. The average Bonchev–Trinajstić information content (AvgIpc) is 3.38. The quantitative estimate of drug-likeness (QED) is 0.698. The molecule has 2 aliphatic rings. The van der Waals surface area contributed by atoms with Gasteiger partial charge in [-0.1, -0.05) is 5.21 Å². The Balaban J connectivity index is 1.42. The van der Waals surface area contributed by atoms with Crippen molar-refractivity contribution in [3.8, 4) is 11.5 Å². The van der Waals surface area contributed by atoms with Gasteiger partial charge in [0, 0.05) is 37.7 Å². The highest BCUT2D eigenvalue weighted by atomic mass is 16.5. The van der Waals surface area contributed by atoms with Crippen LogP contribution in [0.1, 0.15) is 61.1 Å². The van der Waals surface area contributed by atoms with Crippen molar-refractivity contribution in [2.24, 2.45) is 0 Å². The lowest BCUT2D eigenvalue weighted by Crippen LogP contribution is -2.39. The van der Waals surface area contributed by atoms with Crippen LogP contribution in [0.5, 0.6) is 11.5 Å². The first kappa shape index (κ1) is 22.0. The molecule has 172 valence electrons. The van der Waals surface area contributed by atoms with Crippen LogP contribution in [0.4, 0.5) is 0 Å². The van der Waals surface area contributed by atoms with Crippen molar-refractivity contribution >= 4 is 11.8 Å². The number of piperidine rings is 2. The van der Waals surface area contributed by atoms with Crippen molar-refractivity contribution in [3.63, 3.8) is 0 Å². The Morgan fingerprint density at radius 2 is 1.88 bits per heavy atom. The molecule has 0 saturated carbocycles. The second kappa shape index (κ2) is 10.4. The first-order valence-electron chi connectivity index (χ1n) is 11.4. The van der Waals surface area contributed by atoms with Gasteiger partial charge in [-0.2, -0.15) is 5.21 Å². The molecule has 3 heterocycles. The first-order chi connectivity index (χ1) is 15.7. The largest absolute Gasteiger partial charge is 0.490 e. The molecule has 1 N–H and O–H groups in total. The summed E-state index contributed by atoms with van der Waals surface area (Å²) >= 11 is 0. The molecule has 0 aliphatic carbocycles. The molecule has 1 aromatic carbocycles. The molecule has 1 unspecified atom stereocenters. The highest BCUT2D eigenvalue weighted by Gasteiger charge is 2.28. The van der Waals surface area contributed by atoms with E-state index in [2.05, 4.69) is 20.6 Å². The van der Waals surface area contributed by atoms with Crippen LogP contribution in [0.2, 0.25) is 0 Å². The van der Waals surface area contributed by atoms with Crippen LogP contribution < -0.4 is 9.47 Å². The lowest BCUT2D eigenvalue weighted by atomic mass is 9.97. The maximum Gasteiger partial charge on any atom is 0.260 e. The molecule has 32 heavy (non-hydrogen) atoms. The SMILES string of the molecule is CCOc1cc(C(=O)N2CCCC(c3nn[nH]n3)C2)ccc1OCC(=O)N1CCCCC1. The first-order valence-corrected chi connectivity index (χ1v) is 11.4. The number of nitrogens with one attached hydrogen (secondary N) is 1. The number of benzene rings is 1. The molecule has 2 fully saturated rings. The van der Waals surface area contributed by atoms with Gasteiger partial charge in [0.1, 0.15) is 0 Å². The van der Waals surface area contributed by atoms with Crippen molar-refractivity contribution in [2.75, 3.05) is 39.4 Å². The smallest absolute Gasteiger partial charge is 0.260 e. The molecule has 2 amide bonds. The molecule has 1 aromatic heterocycles. The minimum atomic E-state index is -0.0740. The van der Waals surface area contributed by atoms with Gasteiger partial charge in [0.15, 0.2) is 23.9 Å². The van der Waals surface area contributed by atoms with Gasteiger partial charge < -0.3 is 19.3 Å². The predicted molar refractivity (Wildman–Crippen MR) is 116 cm³/mol. The minimum absolute atomic E-state index is 0.0203. The zero-order valence-corrected chi connectivity index (χ0v) is 18.5. The van der Waals surface area contributed by atoms with Gasteiger partial charge in [0.05, 0.1) is 6.61 Å². The Morgan fingerprint density at radius 1 is 1.06 bits per heavy atom. The Morgan fingerprint density at radius 3 is 2.62 bits per heavy atom. The topological polar surface area (TPSA) is 114 Å². The zero-order valence-electron chi connectivity index (χ0n) is 18.5. The van der Waals surface area contributed by atoms with Crippen LogP contribution in [0.15, 0.2) is 18.2 Å². The molecule has 10 heteroatoms. The van der Waals surface area contributed by atoms with E-state index in [0.29, 0.717) is 42.6 Å². The van der Waals surface area contributed by atoms with E-state index in [-0.39, 0.29) is 24.3 Å². The van der Waals surface area contributed by atoms with E-state index >= 15 is 0 Å². The van der Waals surface area contributed by atoms with Crippen LogP contribution >= 0.6 is 0 Å². The summed E-state index contributed by atoms with van der Waals surface area (Å²) in [5.41, 5.74) is 0.525. The molecular formula is C22H30N6O4. The van der Waals surface area contributed by atoms with Crippen molar-refractivity contribution in [2.45, 2.75) is 44.9 Å². The van der Waals surface area contributed by atoms with Gasteiger partial charge in [-0.25, -0.2) is 0 Å². The number of aromatic nitrogens is 4. The van der Waals surface area contributed by atoms with Crippen LogP contribution in [0, 0.1) is 0 Å². The monoisotopic (exact) mass is 442 g/mol. The fraction of sp³-hybridized carbons (Fsp3) is 0.591. The van der Waals surface area contributed by atoms with Gasteiger partial charge in [-0.3, -0.25) is 9.59 Å². The zero-order chi connectivity index (χ0) is 22.3. The number of hydrogen-bond acceptors (Lipinski definition) is 7. The summed E-state index contributed by atoms with van der Waals surface area (Å²) in [4.78, 5) is 29.3. The number of carbonyl (C=O) groups is 2. The maximum absolute atomic E-state index is 13.2. The van der Waals surface area contributed by atoms with Crippen molar-refractivity contribution in [1.29, 1.82) is 0 Å². The maximum atomic E-state index is 13.2. The van der Waals surface area contributed by atoms with Gasteiger partial charge in [0.2, 0.25) is 0 Å². The van der Waals surface area contributed by atoms with Gasteiger partial charge in [-0.15, -0.1) is 10.2 Å². The molecule has 0 radical (unpaired) electrons. The van der Waals surface area contributed by atoms with Crippen molar-refractivity contribution < 1.29 is 19.1 Å². The number of nitrogens with zero attached hydrogens (tertiary/aromatic N) is 5. The van der Waals surface area contributed by atoms with E-state index in [1.54, 1.807) is 18.2 Å². The summed E-state index contributed by atoms with van der Waals surface area (Å²) < 4.78 is 11.5. The van der Waals surface area contributed by atoms with Crippen LogP contribution in [-0.4, -0.2) is 81.6 Å². The Kier molecular flexibility index (Phi) is 7.18. The normalized spacial score (nSPS) is 19.0. The molecular weight excluding hydrogens is 412 g/mol. The summed E-state index contributed by atoms with van der Waals surface area (Å²) in [6.07, 6.45) is 5.05.